The standard InChI is InChI=1S/C11H14N2O2/c1-12-11(15)10-5-7-2-3-9(14)4-8(7)6-13-10/h2-4,10,13-14H,5-6H2,1H3,(H,12,15)/t10-/m0/s1. The monoisotopic (exact) mass is 206 g/mol. The Kier molecular flexibility index (Phi) is 2.60. The Morgan fingerprint density at radius 2 is 2.33 bits per heavy atom. The molecule has 0 aliphatic carbocycles. The Bertz CT molecular complexity index is 390. The Morgan fingerprint density at radius 1 is 1.53 bits per heavy atom. The van der Waals surface area contributed by atoms with Gasteiger partial charge in [0.15, 0.2) is 0 Å². The van der Waals surface area contributed by atoms with Gasteiger partial charge in [-0.05, 0) is 29.7 Å². The van der Waals surface area contributed by atoms with Crippen LogP contribution in [0.15, 0.2) is 18.2 Å². The van der Waals surface area contributed by atoms with Crippen LogP contribution in [0.3, 0.4) is 0 Å². The molecule has 0 spiro atoms. The molecule has 0 radical (unpaired) electrons. The van der Waals surface area contributed by atoms with Crippen molar-refractivity contribution in [2.24, 2.45) is 0 Å². The maximum absolute atomic E-state index is 11.4. The van der Waals surface area contributed by atoms with Crippen molar-refractivity contribution in [3.8, 4) is 5.75 Å². The minimum Gasteiger partial charge on any atom is -0.508 e. The number of nitrogens with one attached hydrogen (secondary N) is 2. The van der Waals surface area contributed by atoms with Gasteiger partial charge in [0.2, 0.25) is 5.91 Å². The van der Waals surface area contributed by atoms with Crippen LogP contribution in [0.2, 0.25) is 0 Å². The van der Waals surface area contributed by atoms with E-state index >= 15 is 0 Å². The molecule has 15 heavy (non-hydrogen) atoms. The first-order chi connectivity index (χ1) is 7.20. The average Bonchev–Trinajstić information content (AvgIpc) is 2.27. The number of rotatable bonds is 1. The van der Waals surface area contributed by atoms with Gasteiger partial charge in [-0.2, -0.15) is 0 Å². The fraction of sp³-hybridized carbons (Fsp3) is 0.364. The quantitative estimate of drug-likeness (QED) is 0.613. The number of hydrogen-bond donors (Lipinski definition) is 3. The third-order valence-electron chi connectivity index (χ3n) is 2.72. The van der Waals surface area contributed by atoms with Crippen molar-refractivity contribution in [2.75, 3.05) is 7.05 Å². The minimum absolute atomic E-state index is 0.00808. The predicted octanol–water partition coefficient (Wildman–Crippen LogP) is 0.152. The van der Waals surface area contributed by atoms with E-state index in [0.29, 0.717) is 13.0 Å². The van der Waals surface area contributed by atoms with Gasteiger partial charge in [0.25, 0.3) is 0 Å². The van der Waals surface area contributed by atoms with E-state index in [-0.39, 0.29) is 17.7 Å². The SMILES string of the molecule is CNC(=O)[C@@H]1Cc2ccc(O)cc2CN1. The zero-order valence-corrected chi connectivity index (χ0v) is 8.58. The highest BCUT2D eigenvalue weighted by Gasteiger charge is 2.23. The van der Waals surface area contributed by atoms with Crippen LogP contribution in [0.25, 0.3) is 0 Å². The lowest BCUT2D eigenvalue weighted by molar-refractivity contribution is -0.122. The van der Waals surface area contributed by atoms with E-state index in [2.05, 4.69) is 10.6 Å². The number of fused-ring (bicyclic) bond motifs is 1. The van der Waals surface area contributed by atoms with Crippen LogP contribution in [0.5, 0.6) is 5.75 Å². The van der Waals surface area contributed by atoms with E-state index in [9.17, 15) is 9.90 Å². The van der Waals surface area contributed by atoms with Crippen LogP contribution in [0, 0.1) is 0 Å². The molecule has 80 valence electrons. The van der Waals surface area contributed by atoms with E-state index in [1.165, 1.54) is 0 Å². The molecule has 1 aliphatic rings. The molecular weight excluding hydrogens is 192 g/mol. The molecule has 0 bridgehead atoms. The summed E-state index contributed by atoms with van der Waals surface area (Å²) in [7, 11) is 1.64. The molecule has 1 aromatic rings. The Morgan fingerprint density at radius 3 is 3.07 bits per heavy atom. The summed E-state index contributed by atoms with van der Waals surface area (Å²) in [6, 6.07) is 5.11. The molecule has 1 aromatic carbocycles. The maximum Gasteiger partial charge on any atom is 0.237 e. The molecule has 0 saturated heterocycles. The third kappa shape index (κ3) is 1.94. The summed E-state index contributed by atoms with van der Waals surface area (Å²) in [6.07, 6.45) is 0.676. The van der Waals surface area contributed by atoms with Gasteiger partial charge in [0.1, 0.15) is 5.75 Å². The highest BCUT2D eigenvalue weighted by molar-refractivity contribution is 5.82. The first kappa shape index (κ1) is 9.98. The molecular formula is C11H14N2O2. The average molecular weight is 206 g/mol. The van der Waals surface area contributed by atoms with Crippen molar-refractivity contribution >= 4 is 5.91 Å². The summed E-state index contributed by atoms with van der Waals surface area (Å²) in [5, 5.41) is 15.1. The van der Waals surface area contributed by atoms with Gasteiger partial charge in [-0.15, -0.1) is 0 Å². The van der Waals surface area contributed by atoms with E-state index in [4.69, 9.17) is 0 Å². The number of phenolic OH excluding ortho intramolecular Hbond substituents is 1. The van der Waals surface area contributed by atoms with Gasteiger partial charge in [-0.1, -0.05) is 6.07 Å². The summed E-state index contributed by atoms with van der Waals surface area (Å²) in [5.41, 5.74) is 2.19. The fourth-order valence-corrected chi connectivity index (χ4v) is 1.86. The second-order valence-corrected chi connectivity index (χ2v) is 3.70. The summed E-state index contributed by atoms with van der Waals surface area (Å²) in [4.78, 5) is 11.4. The largest absolute Gasteiger partial charge is 0.508 e. The van der Waals surface area contributed by atoms with Crippen molar-refractivity contribution in [1.29, 1.82) is 0 Å². The number of carbonyl (C=O) groups excluding carboxylic acids is 1. The zero-order valence-electron chi connectivity index (χ0n) is 8.58. The van der Waals surface area contributed by atoms with Crippen LogP contribution in [0.1, 0.15) is 11.1 Å². The summed E-state index contributed by atoms with van der Waals surface area (Å²) >= 11 is 0. The number of benzene rings is 1. The van der Waals surface area contributed by atoms with Crippen molar-refractivity contribution in [3.63, 3.8) is 0 Å². The highest BCUT2D eigenvalue weighted by atomic mass is 16.3. The second-order valence-electron chi connectivity index (χ2n) is 3.70. The molecule has 0 saturated carbocycles. The van der Waals surface area contributed by atoms with Gasteiger partial charge in [0.05, 0.1) is 6.04 Å². The van der Waals surface area contributed by atoms with Crippen molar-refractivity contribution in [2.45, 2.75) is 19.0 Å². The number of phenols is 1. The molecule has 3 N–H and O–H groups in total. The molecule has 1 atom stereocenters. The Labute approximate surface area is 88.3 Å². The lowest BCUT2D eigenvalue weighted by Gasteiger charge is -2.24. The number of hydrogen-bond acceptors (Lipinski definition) is 3. The van der Waals surface area contributed by atoms with Gasteiger partial charge in [0, 0.05) is 13.6 Å². The van der Waals surface area contributed by atoms with Crippen molar-refractivity contribution < 1.29 is 9.90 Å². The van der Waals surface area contributed by atoms with Gasteiger partial charge < -0.3 is 15.7 Å². The summed E-state index contributed by atoms with van der Waals surface area (Å²) in [5.74, 6) is 0.280. The Balaban J connectivity index is 2.20. The van der Waals surface area contributed by atoms with E-state index in [1.54, 1.807) is 19.2 Å². The summed E-state index contributed by atoms with van der Waals surface area (Å²) in [6.45, 7) is 0.627. The molecule has 4 heteroatoms. The molecule has 2 rings (SSSR count). The minimum atomic E-state index is -0.160. The third-order valence-corrected chi connectivity index (χ3v) is 2.72. The fourth-order valence-electron chi connectivity index (χ4n) is 1.86. The maximum atomic E-state index is 11.4. The van der Waals surface area contributed by atoms with E-state index in [0.717, 1.165) is 11.1 Å². The molecule has 4 nitrogen and oxygen atoms in total. The molecule has 0 unspecified atom stereocenters. The molecule has 0 fully saturated rings. The molecule has 1 amide bonds. The van der Waals surface area contributed by atoms with Crippen LogP contribution >= 0.6 is 0 Å². The normalized spacial score (nSPS) is 19.4. The zero-order chi connectivity index (χ0) is 10.8. The van der Waals surface area contributed by atoms with Crippen LogP contribution < -0.4 is 10.6 Å². The first-order valence-corrected chi connectivity index (χ1v) is 4.96. The Hall–Kier alpha value is -1.55. The van der Waals surface area contributed by atoms with Crippen LogP contribution in [0.4, 0.5) is 0 Å². The predicted molar refractivity (Wildman–Crippen MR) is 56.5 cm³/mol. The number of likely N-dealkylation sites (N-methyl/N-ethyl adjacent to an activating group) is 1. The number of carbonyl (C=O) groups is 1. The first-order valence-electron chi connectivity index (χ1n) is 4.96. The van der Waals surface area contributed by atoms with Crippen LogP contribution in [-0.2, 0) is 17.8 Å². The van der Waals surface area contributed by atoms with Crippen molar-refractivity contribution in [3.05, 3.63) is 29.3 Å². The second kappa shape index (κ2) is 3.90. The molecule has 1 aliphatic heterocycles. The van der Waals surface area contributed by atoms with Crippen molar-refractivity contribution in [1.82, 2.24) is 10.6 Å². The van der Waals surface area contributed by atoms with Gasteiger partial charge in [-0.3, -0.25) is 4.79 Å². The van der Waals surface area contributed by atoms with Gasteiger partial charge >= 0.3 is 0 Å². The van der Waals surface area contributed by atoms with E-state index < -0.39 is 0 Å². The molecule has 0 aromatic heterocycles. The molecule has 1 heterocycles. The topological polar surface area (TPSA) is 61.4 Å². The highest BCUT2D eigenvalue weighted by Crippen LogP contribution is 2.21. The number of aromatic hydroxyl groups is 1. The van der Waals surface area contributed by atoms with Gasteiger partial charge in [-0.25, -0.2) is 0 Å². The van der Waals surface area contributed by atoms with E-state index in [1.807, 2.05) is 6.07 Å². The lowest BCUT2D eigenvalue weighted by Crippen LogP contribution is -2.46. The smallest absolute Gasteiger partial charge is 0.237 e. The number of amides is 1. The summed E-state index contributed by atoms with van der Waals surface area (Å²) < 4.78 is 0. The van der Waals surface area contributed by atoms with Crippen LogP contribution in [-0.4, -0.2) is 24.1 Å². The lowest BCUT2D eigenvalue weighted by atomic mass is 9.95.